The molecule has 0 saturated heterocycles. The molecule has 0 spiro atoms. The predicted molar refractivity (Wildman–Crippen MR) is 68.3 cm³/mol. The van der Waals surface area contributed by atoms with Crippen molar-refractivity contribution >= 4 is 0 Å². The summed E-state index contributed by atoms with van der Waals surface area (Å²) < 4.78 is 0. The van der Waals surface area contributed by atoms with Gasteiger partial charge >= 0.3 is 0 Å². The van der Waals surface area contributed by atoms with Crippen molar-refractivity contribution in [1.82, 2.24) is 9.97 Å². The molecule has 0 atom stereocenters. The summed E-state index contributed by atoms with van der Waals surface area (Å²) in [4.78, 5) is 8.45. The zero-order chi connectivity index (χ0) is 11.5. The standard InChI is InChI=1S/C14H24N2/c1-2-3-4-5-6-7-8-9-11-14-15-12-10-13-16-14/h10,12-13H,2-9,11H2,1H3. The van der Waals surface area contributed by atoms with Crippen LogP contribution in [0.15, 0.2) is 18.5 Å². The molecule has 0 unspecified atom stereocenters. The third-order valence-corrected chi connectivity index (χ3v) is 2.87. The molecule has 2 nitrogen and oxygen atoms in total. The second kappa shape index (κ2) is 9.32. The van der Waals surface area contributed by atoms with Crippen molar-refractivity contribution in [3.05, 3.63) is 24.3 Å². The van der Waals surface area contributed by atoms with Crippen LogP contribution in [0.1, 0.15) is 64.1 Å². The Balaban J connectivity index is 1.89. The van der Waals surface area contributed by atoms with Crippen molar-refractivity contribution in [2.45, 2.75) is 64.7 Å². The fraction of sp³-hybridized carbons (Fsp3) is 0.714. The first-order valence-corrected chi connectivity index (χ1v) is 6.69. The summed E-state index contributed by atoms with van der Waals surface area (Å²) in [5.41, 5.74) is 0. The Labute approximate surface area is 99.5 Å². The number of unbranched alkanes of at least 4 members (excludes halogenated alkanes) is 7. The number of hydrogen-bond donors (Lipinski definition) is 0. The molecule has 0 bridgehead atoms. The van der Waals surface area contributed by atoms with Crippen molar-refractivity contribution in [3.63, 3.8) is 0 Å². The summed E-state index contributed by atoms with van der Waals surface area (Å²) in [5.74, 6) is 0.994. The van der Waals surface area contributed by atoms with E-state index in [-0.39, 0.29) is 0 Å². The summed E-state index contributed by atoms with van der Waals surface area (Å²) in [6.45, 7) is 2.26. The zero-order valence-corrected chi connectivity index (χ0v) is 10.5. The van der Waals surface area contributed by atoms with Crippen molar-refractivity contribution in [1.29, 1.82) is 0 Å². The lowest BCUT2D eigenvalue weighted by atomic mass is 10.1. The number of aryl methyl sites for hydroxylation is 1. The van der Waals surface area contributed by atoms with E-state index in [2.05, 4.69) is 16.9 Å². The highest BCUT2D eigenvalue weighted by atomic mass is 14.8. The van der Waals surface area contributed by atoms with Gasteiger partial charge in [0.2, 0.25) is 0 Å². The second-order valence-corrected chi connectivity index (χ2v) is 4.39. The minimum atomic E-state index is 0.994. The van der Waals surface area contributed by atoms with Gasteiger partial charge in [-0.15, -0.1) is 0 Å². The maximum absolute atomic E-state index is 4.23. The molecule has 16 heavy (non-hydrogen) atoms. The van der Waals surface area contributed by atoms with Gasteiger partial charge in [-0.3, -0.25) is 0 Å². The Bertz CT molecular complexity index is 246. The number of hydrogen-bond acceptors (Lipinski definition) is 2. The zero-order valence-electron chi connectivity index (χ0n) is 10.5. The molecule has 1 heterocycles. The highest BCUT2D eigenvalue weighted by molar-refractivity contribution is 4.88. The Morgan fingerprint density at radius 3 is 2.00 bits per heavy atom. The molecule has 0 N–H and O–H groups in total. The smallest absolute Gasteiger partial charge is 0.128 e. The molecule has 0 saturated carbocycles. The fourth-order valence-corrected chi connectivity index (χ4v) is 1.88. The number of aromatic nitrogens is 2. The predicted octanol–water partition coefficient (Wildman–Crippen LogP) is 4.16. The van der Waals surface area contributed by atoms with Crippen molar-refractivity contribution in [2.24, 2.45) is 0 Å². The summed E-state index contributed by atoms with van der Waals surface area (Å²) in [7, 11) is 0. The average molecular weight is 220 g/mol. The molecule has 0 fully saturated rings. The molecule has 0 aliphatic heterocycles. The molecule has 1 aromatic heterocycles. The van der Waals surface area contributed by atoms with Crippen LogP contribution in [0.25, 0.3) is 0 Å². The Morgan fingerprint density at radius 2 is 1.38 bits per heavy atom. The van der Waals surface area contributed by atoms with Crippen LogP contribution in [0.5, 0.6) is 0 Å². The first-order chi connectivity index (χ1) is 7.93. The quantitative estimate of drug-likeness (QED) is 0.584. The highest BCUT2D eigenvalue weighted by Gasteiger charge is 1.95. The molecule has 0 radical (unpaired) electrons. The second-order valence-electron chi connectivity index (χ2n) is 4.39. The minimum Gasteiger partial charge on any atom is -0.241 e. The van der Waals surface area contributed by atoms with Crippen LogP contribution in [0.4, 0.5) is 0 Å². The lowest BCUT2D eigenvalue weighted by Gasteiger charge is -2.01. The van der Waals surface area contributed by atoms with Gasteiger partial charge in [0.25, 0.3) is 0 Å². The molecule has 0 aromatic carbocycles. The summed E-state index contributed by atoms with van der Waals surface area (Å²) in [6.07, 6.45) is 15.6. The van der Waals surface area contributed by atoms with E-state index in [1.54, 1.807) is 0 Å². The van der Waals surface area contributed by atoms with Crippen molar-refractivity contribution < 1.29 is 0 Å². The number of nitrogens with zero attached hydrogens (tertiary/aromatic N) is 2. The maximum Gasteiger partial charge on any atom is 0.128 e. The van der Waals surface area contributed by atoms with Gasteiger partial charge in [-0.2, -0.15) is 0 Å². The molecule has 0 aliphatic rings. The summed E-state index contributed by atoms with van der Waals surface area (Å²) >= 11 is 0. The van der Waals surface area contributed by atoms with Crippen molar-refractivity contribution in [3.8, 4) is 0 Å². The van der Waals surface area contributed by atoms with E-state index >= 15 is 0 Å². The van der Waals surface area contributed by atoms with Gasteiger partial charge in [-0.05, 0) is 12.5 Å². The van der Waals surface area contributed by atoms with E-state index in [0.717, 1.165) is 12.2 Å². The third-order valence-electron chi connectivity index (χ3n) is 2.87. The van der Waals surface area contributed by atoms with Gasteiger partial charge in [-0.25, -0.2) is 9.97 Å². The van der Waals surface area contributed by atoms with Crippen LogP contribution in [-0.4, -0.2) is 9.97 Å². The Kier molecular flexibility index (Phi) is 7.65. The van der Waals surface area contributed by atoms with E-state index in [9.17, 15) is 0 Å². The van der Waals surface area contributed by atoms with Crippen LogP contribution in [0, 0.1) is 0 Å². The highest BCUT2D eigenvalue weighted by Crippen LogP contribution is 2.09. The normalized spacial score (nSPS) is 10.6. The van der Waals surface area contributed by atoms with Gasteiger partial charge in [0.1, 0.15) is 5.82 Å². The third kappa shape index (κ3) is 6.54. The minimum absolute atomic E-state index is 0.994. The monoisotopic (exact) mass is 220 g/mol. The molecular weight excluding hydrogens is 196 g/mol. The van der Waals surface area contributed by atoms with Crippen LogP contribution < -0.4 is 0 Å². The molecule has 1 rings (SSSR count). The van der Waals surface area contributed by atoms with E-state index in [0.29, 0.717) is 0 Å². The van der Waals surface area contributed by atoms with Crippen LogP contribution in [0.2, 0.25) is 0 Å². The van der Waals surface area contributed by atoms with Gasteiger partial charge < -0.3 is 0 Å². The van der Waals surface area contributed by atoms with Gasteiger partial charge in [0, 0.05) is 18.8 Å². The lowest BCUT2D eigenvalue weighted by molar-refractivity contribution is 0.572. The molecule has 90 valence electrons. The topological polar surface area (TPSA) is 25.8 Å². The van der Waals surface area contributed by atoms with Gasteiger partial charge in [0.15, 0.2) is 0 Å². The maximum atomic E-state index is 4.23. The van der Waals surface area contributed by atoms with E-state index in [4.69, 9.17) is 0 Å². The molecule has 2 heteroatoms. The molecular formula is C14H24N2. The first kappa shape index (κ1) is 13.1. The summed E-state index contributed by atoms with van der Waals surface area (Å²) in [5, 5.41) is 0. The number of rotatable bonds is 9. The fourth-order valence-electron chi connectivity index (χ4n) is 1.88. The van der Waals surface area contributed by atoms with Crippen molar-refractivity contribution in [2.75, 3.05) is 0 Å². The van der Waals surface area contributed by atoms with E-state index in [1.165, 1.54) is 51.4 Å². The largest absolute Gasteiger partial charge is 0.241 e. The average Bonchev–Trinajstić information content (AvgIpc) is 2.34. The summed E-state index contributed by atoms with van der Waals surface area (Å²) in [6, 6.07) is 1.87. The van der Waals surface area contributed by atoms with E-state index < -0.39 is 0 Å². The SMILES string of the molecule is CCCCCCCCCCc1ncccn1. The van der Waals surface area contributed by atoms with Gasteiger partial charge in [-0.1, -0.05) is 51.9 Å². The lowest BCUT2D eigenvalue weighted by Crippen LogP contribution is -1.93. The molecule has 0 aliphatic carbocycles. The molecule has 0 amide bonds. The Hall–Kier alpha value is -0.920. The van der Waals surface area contributed by atoms with Gasteiger partial charge in [0.05, 0.1) is 0 Å². The Morgan fingerprint density at radius 1 is 0.812 bits per heavy atom. The van der Waals surface area contributed by atoms with Crippen LogP contribution >= 0.6 is 0 Å². The van der Waals surface area contributed by atoms with E-state index in [1.807, 2.05) is 18.5 Å². The first-order valence-electron chi connectivity index (χ1n) is 6.69. The molecule has 1 aromatic rings. The van der Waals surface area contributed by atoms with Crippen LogP contribution in [-0.2, 0) is 6.42 Å². The van der Waals surface area contributed by atoms with Crippen LogP contribution in [0.3, 0.4) is 0 Å².